The summed E-state index contributed by atoms with van der Waals surface area (Å²) < 4.78 is 45.3. The van der Waals surface area contributed by atoms with Gasteiger partial charge in [0.2, 0.25) is 5.91 Å². The van der Waals surface area contributed by atoms with Crippen molar-refractivity contribution in [2.45, 2.75) is 38.1 Å². The van der Waals surface area contributed by atoms with Gasteiger partial charge in [-0.25, -0.2) is 0 Å². The van der Waals surface area contributed by atoms with Gasteiger partial charge >= 0.3 is 6.18 Å². The number of nitrogens with one attached hydrogen (secondary N) is 1. The first-order valence-electron chi connectivity index (χ1n) is 7.74. The topological polar surface area (TPSA) is 85.9 Å². The van der Waals surface area contributed by atoms with Crippen molar-refractivity contribution in [2.75, 3.05) is 5.32 Å². The molecule has 5 nitrogen and oxygen atoms in total. The van der Waals surface area contributed by atoms with Gasteiger partial charge in [0.1, 0.15) is 12.1 Å². The van der Waals surface area contributed by atoms with Crippen LogP contribution >= 0.6 is 0 Å². The molecule has 2 aliphatic heterocycles. The largest absolute Gasteiger partial charge is 0.395 e. The molecule has 0 aliphatic carbocycles. The van der Waals surface area contributed by atoms with Crippen molar-refractivity contribution in [3.63, 3.8) is 0 Å². The minimum atomic E-state index is -4.51. The summed E-state index contributed by atoms with van der Waals surface area (Å²) in [6, 6.07) is 6.53. The van der Waals surface area contributed by atoms with Gasteiger partial charge in [0.05, 0.1) is 35.2 Å². The van der Waals surface area contributed by atoms with Crippen LogP contribution in [0, 0.1) is 41.4 Å². The van der Waals surface area contributed by atoms with Crippen LogP contribution in [0.1, 0.15) is 29.5 Å². The Morgan fingerprint density at radius 2 is 1.92 bits per heavy atom. The number of amides is 1. The van der Waals surface area contributed by atoms with Crippen molar-refractivity contribution in [1.82, 2.24) is 0 Å². The molecule has 0 saturated carbocycles. The first-order valence-corrected chi connectivity index (χ1v) is 7.74. The number of hydrogen-bond donors (Lipinski definition) is 1. The third kappa shape index (κ3) is 2.83. The molecule has 0 radical (unpaired) electrons. The fourth-order valence-electron chi connectivity index (χ4n) is 3.73. The number of hydrogen-bond acceptors (Lipinski definition) is 4. The summed E-state index contributed by atoms with van der Waals surface area (Å²) in [4.78, 5) is 12.5. The Morgan fingerprint density at radius 3 is 2.52 bits per heavy atom. The molecule has 3 rings (SSSR count). The molecule has 2 fully saturated rings. The van der Waals surface area contributed by atoms with E-state index in [2.05, 4.69) is 5.32 Å². The van der Waals surface area contributed by atoms with Crippen LogP contribution in [0.4, 0.5) is 18.9 Å². The lowest BCUT2D eigenvalue weighted by atomic mass is 9.78. The Kier molecular flexibility index (Phi) is 4.18. The van der Waals surface area contributed by atoms with Crippen LogP contribution in [0.2, 0.25) is 0 Å². The summed E-state index contributed by atoms with van der Waals surface area (Å²) in [6.07, 6.45) is -5.51. The molecule has 2 aliphatic rings. The van der Waals surface area contributed by atoms with Crippen LogP contribution < -0.4 is 5.32 Å². The standard InChI is InChI=1S/C17H14F3N3O2/c1-8-10(7-22)9(6-21)2-3-11(8)23-16(24)14-12-4-5-13(25-12)15(14)17(18,19)20/h2-3,12-15H,4-5H2,1H3,(H,23,24)/t12-,13-,14-,15-/m1/s1. The number of nitrogens with zero attached hydrogens (tertiary/aromatic N) is 2. The number of ether oxygens (including phenoxy) is 1. The number of carbonyl (C=O) groups excluding carboxylic acids is 1. The zero-order valence-electron chi connectivity index (χ0n) is 13.2. The molecule has 2 saturated heterocycles. The van der Waals surface area contributed by atoms with E-state index in [0.717, 1.165) is 0 Å². The average Bonchev–Trinajstić information content (AvgIpc) is 3.16. The summed E-state index contributed by atoms with van der Waals surface area (Å²) in [6.45, 7) is 1.54. The molecule has 130 valence electrons. The SMILES string of the molecule is Cc1c(NC(=O)[C@H]2[C@H](C(F)(F)F)[C@H]3CC[C@H]2O3)ccc(C#N)c1C#N. The van der Waals surface area contributed by atoms with Crippen LogP contribution in [0.25, 0.3) is 0 Å². The number of nitriles is 2. The van der Waals surface area contributed by atoms with Crippen molar-refractivity contribution in [3.05, 3.63) is 28.8 Å². The third-order valence-corrected chi connectivity index (χ3v) is 4.91. The summed E-state index contributed by atoms with van der Waals surface area (Å²) in [7, 11) is 0. The van der Waals surface area contributed by atoms with E-state index in [1.165, 1.54) is 19.1 Å². The van der Waals surface area contributed by atoms with Gasteiger partial charge in [0.25, 0.3) is 0 Å². The van der Waals surface area contributed by atoms with Gasteiger partial charge in [-0.15, -0.1) is 0 Å². The average molecular weight is 349 g/mol. The molecular weight excluding hydrogens is 335 g/mol. The lowest BCUT2D eigenvalue weighted by Gasteiger charge is -2.29. The molecular formula is C17H14F3N3O2. The quantitative estimate of drug-likeness (QED) is 0.889. The Hall–Kier alpha value is -2.58. The van der Waals surface area contributed by atoms with Crippen LogP contribution in [-0.2, 0) is 9.53 Å². The molecule has 4 atom stereocenters. The number of benzene rings is 1. The van der Waals surface area contributed by atoms with Gasteiger partial charge in [0.15, 0.2) is 0 Å². The smallest absolute Gasteiger partial charge is 0.373 e. The van der Waals surface area contributed by atoms with E-state index in [9.17, 15) is 18.0 Å². The second-order valence-electron chi connectivity index (χ2n) is 6.26. The van der Waals surface area contributed by atoms with Crippen molar-refractivity contribution in [3.8, 4) is 12.1 Å². The van der Waals surface area contributed by atoms with E-state index >= 15 is 0 Å². The Balaban J connectivity index is 1.88. The Labute approximate surface area is 142 Å². The summed E-state index contributed by atoms with van der Waals surface area (Å²) in [5.74, 6) is -3.90. The van der Waals surface area contributed by atoms with Crippen molar-refractivity contribution >= 4 is 11.6 Å². The lowest BCUT2D eigenvalue weighted by molar-refractivity contribution is -0.196. The maximum atomic E-state index is 13.3. The number of carbonyl (C=O) groups is 1. The Morgan fingerprint density at radius 1 is 1.24 bits per heavy atom. The second-order valence-corrected chi connectivity index (χ2v) is 6.26. The third-order valence-electron chi connectivity index (χ3n) is 4.91. The van der Waals surface area contributed by atoms with Crippen molar-refractivity contribution in [2.24, 2.45) is 11.8 Å². The normalized spacial score (nSPS) is 27.6. The van der Waals surface area contributed by atoms with Gasteiger partial charge in [-0.2, -0.15) is 23.7 Å². The van der Waals surface area contributed by atoms with E-state index in [1.807, 2.05) is 12.1 Å². The molecule has 2 heterocycles. The molecule has 8 heteroatoms. The fourth-order valence-corrected chi connectivity index (χ4v) is 3.73. The summed E-state index contributed by atoms with van der Waals surface area (Å²) in [5, 5.41) is 20.6. The van der Waals surface area contributed by atoms with Gasteiger partial charge in [-0.1, -0.05) is 0 Å². The Bertz CT molecular complexity index is 807. The van der Waals surface area contributed by atoms with Crippen molar-refractivity contribution in [1.29, 1.82) is 10.5 Å². The molecule has 0 spiro atoms. The monoisotopic (exact) mass is 349 g/mol. The number of anilines is 1. The zero-order valence-corrected chi connectivity index (χ0v) is 13.2. The molecule has 0 aromatic heterocycles. The number of alkyl halides is 3. The first-order chi connectivity index (χ1) is 11.8. The highest BCUT2D eigenvalue weighted by Gasteiger charge is 2.62. The van der Waals surface area contributed by atoms with Crippen molar-refractivity contribution < 1.29 is 22.7 Å². The lowest BCUT2D eigenvalue weighted by Crippen LogP contribution is -2.44. The predicted octanol–water partition coefficient (Wildman–Crippen LogP) is 3.03. The van der Waals surface area contributed by atoms with Crippen LogP contribution in [0.15, 0.2) is 12.1 Å². The highest BCUT2D eigenvalue weighted by atomic mass is 19.4. The van der Waals surface area contributed by atoms with Crippen LogP contribution in [0.5, 0.6) is 0 Å². The highest BCUT2D eigenvalue weighted by molar-refractivity contribution is 5.94. The molecule has 1 aromatic carbocycles. The number of fused-ring (bicyclic) bond motifs is 2. The first kappa shape index (κ1) is 17.2. The summed E-state index contributed by atoms with van der Waals surface area (Å²) >= 11 is 0. The van der Waals surface area contributed by atoms with Gasteiger partial charge in [-0.3, -0.25) is 4.79 Å². The van der Waals surface area contributed by atoms with E-state index in [1.54, 1.807) is 0 Å². The minimum Gasteiger partial charge on any atom is -0.373 e. The predicted molar refractivity (Wildman–Crippen MR) is 80.2 cm³/mol. The molecule has 25 heavy (non-hydrogen) atoms. The fraction of sp³-hybridized carbons (Fsp3) is 0.471. The van der Waals surface area contributed by atoms with Gasteiger partial charge < -0.3 is 10.1 Å². The van der Waals surface area contributed by atoms with E-state index in [-0.39, 0.29) is 16.8 Å². The molecule has 2 bridgehead atoms. The second kappa shape index (κ2) is 6.05. The van der Waals surface area contributed by atoms with Crippen LogP contribution in [0.3, 0.4) is 0 Å². The summed E-state index contributed by atoms with van der Waals surface area (Å²) in [5.41, 5.74) is 0.818. The molecule has 1 amide bonds. The molecule has 1 aromatic rings. The minimum absolute atomic E-state index is 0.0943. The molecule has 1 N–H and O–H groups in total. The van der Waals surface area contributed by atoms with E-state index in [0.29, 0.717) is 18.4 Å². The molecule has 0 unspecified atom stereocenters. The van der Waals surface area contributed by atoms with Gasteiger partial charge in [-0.05, 0) is 37.5 Å². The van der Waals surface area contributed by atoms with Gasteiger partial charge in [0, 0.05) is 5.69 Å². The van der Waals surface area contributed by atoms with E-state index < -0.39 is 36.1 Å². The van der Waals surface area contributed by atoms with E-state index in [4.69, 9.17) is 15.3 Å². The maximum Gasteiger partial charge on any atom is 0.395 e. The zero-order chi connectivity index (χ0) is 18.4. The number of rotatable bonds is 2. The highest BCUT2D eigenvalue weighted by Crippen LogP contribution is 2.50. The number of halogens is 3. The van der Waals surface area contributed by atoms with Crippen LogP contribution in [-0.4, -0.2) is 24.3 Å². The maximum absolute atomic E-state index is 13.3.